The van der Waals surface area contributed by atoms with Crippen molar-refractivity contribution in [1.82, 2.24) is 5.32 Å². The topological polar surface area (TPSA) is 72.2 Å². The van der Waals surface area contributed by atoms with E-state index in [0.29, 0.717) is 11.4 Å². The Labute approximate surface area is 122 Å². The summed E-state index contributed by atoms with van der Waals surface area (Å²) in [6.45, 7) is 3.88. The average molecular weight is 303 g/mol. The van der Waals surface area contributed by atoms with Gasteiger partial charge in [-0.25, -0.2) is 0 Å². The minimum Gasteiger partial charge on any atom is -0.368 e. The van der Waals surface area contributed by atoms with Gasteiger partial charge >= 0.3 is 0 Å². The fraction of sp³-hybridized carbons (Fsp3) is 0.385. The van der Waals surface area contributed by atoms with Gasteiger partial charge in [-0.1, -0.05) is 37.0 Å². The second-order valence-electron chi connectivity index (χ2n) is 4.68. The van der Waals surface area contributed by atoms with Crippen molar-refractivity contribution in [2.45, 2.75) is 26.3 Å². The van der Waals surface area contributed by atoms with Gasteiger partial charge in [0.2, 0.25) is 5.91 Å². The van der Waals surface area contributed by atoms with E-state index in [1.54, 1.807) is 6.07 Å². The number of nitrogens with two attached hydrogens (primary N) is 1. The molecular weight excluding hydrogens is 287 g/mol. The number of rotatable bonds is 5. The molecule has 0 spiro atoms. The van der Waals surface area contributed by atoms with Crippen molar-refractivity contribution >= 4 is 35.0 Å². The molecule has 0 aliphatic rings. The van der Waals surface area contributed by atoms with Crippen molar-refractivity contribution in [3.8, 4) is 0 Å². The molecule has 0 saturated heterocycles. The van der Waals surface area contributed by atoms with E-state index in [1.165, 1.54) is 12.1 Å². The number of benzene rings is 1. The summed E-state index contributed by atoms with van der Waals surface area (Å²) in [4.78, 5) is 23.3. The summed E-state index contributed by atoms with van der Waals surface area (Å²) in [6.07, 6.45) is 0.478. The lowest BCUT2D eigenvalue weighted by Gasteiger charge is -2.17. The quantitative estimate of drug-likeness (QED) is 0.877. The molecule has 1 aromatic carbocycles. The standard InChI is InChI=1S/C13H16Cl2N2O2/c1-7(2)5-11(12(16)18)17-13(19)9-4-3-8(14)6-10(9)15/h3-4,6-7,11H,5H2,1-2H3,(H2,16,18)(H,17,19)/t11-/m1/s1. The lowest BCUT2D eigenvalue weighted by Crippen LogP contribution is -2.45. The van der Waals surface area contributed by atoms with Gasteiger partial charge in [-0.05, 0) is 30.5 Å². The van der Waals surface area contributed by atoms with Crippen LogP contribution in [0.25, 0.3) is 0 Å². The van der Waals surface area contributed by atoms with Crippen LogP contribution in [0.5, 0.6) is 0 Å². The zero-order chi connectivity index (χ0) is 14.6. The predicted octanol–water partition coefficient (Wildman–Crippen LogP) is 2.62. The number of halogens is 2. The molecule has 104 valence electrons. The van der Waals surface area contributed by atoms with Gasteiger partial charge in [0, 0.05) is 5.02 Å². The Morgan fingerprint density at radius 3 is 2.42 bits per heavy atom. The molecule has 4 nitrogen and oxygen atoms in total. The van der Waals surface area contributed by atoms with Crippen molar-refractivity contribution in [2.24, 2.45) is 11.7 Å². The molecule has 0 aliphatic carbocycles. The van der Waals surface area contributed by atoms with E-state index in [2.05, 4.69) is 5.32 Å². The molecule has 1 atom stereocenters. The maximum absolute atomic E-state index is 12.0. The molecule has 0 saturated carbocycles. The first-order valence-corrected chi connectivity index (χ1v) is 6.62. The third-order valence-corrected chi connectivity index (χ3v) is 3.08. The third kappa shape index (κ3) is 4.73. The van der Waals surface area contributed by atoms with Crippen LogP contribution < -0.4 is 11.1 Å². The minimum atomic E-state index is -0.709. The van der Waals surface area contributed by atoms with Gasteiger partial charge in [0.05, 0.1) is 10.6 Å². The van der Waals surface area contributed by atoms with Gasteiger partial charge < -0.3 is 11.1 Å². The molecule has 0 aromatic heterocycles. The highest BCUT2D eigenvalue weighted by molar-refractivity contribution is 6.36. The first-order valence-electron chi connectivity index (χ1n) is 5.86. The summed E-state index contributed by atoms with van der Waals surface area (Å²) in [5.41, 5.74) is 5.53. The van der Waals surface area contributed by atoms with E-state index in [9.17, 15) is 9.59 Å². The first kappa shape index (κ1) is 15.8. The Hall–Kier alpha value is -1.26. The number of carbonyl (C=O) groups excluding carboxylic acids is 2. The maximum atomic E-state index is 12.0. The highest BCUT2D eigenvalue weighted by Crippen LogP contribution is 2.21. The van der Waals surface area contributed by atoms with Gasteiger partial charge in [-0.3, -0.25) is 9.59 Å². The van der Waals surface area contributed by atoms with Crippen LogP contribution >= 0.6 is 23.2 Å². The summed E-state index contributed by atoms with van der Waals surface area (Å²) in [6, 6.07) is 3.83. The molecular formula is C13H16Cl2N2O2. The smallest absolute Gasteiger partial charge is 0.253 e. The van der Waals surface area contributed by atoms with E-state index in [1.807, 2.05) is 13.8 Å². The summed E-state index contributed by atoms with van der Waals surface area (Å²) in [7, 11) is 0. The molecule has 0 unspecified atom stereocenters. The molecule has 3 N–H and O–H groups in total. The summed E-state index contributed by atoms with van der Waals surface area (Å²) >= 11 is 11.7. The number of amides is 2. The minimum absolute atomic E-state index is 0.234. The largest absolute Gasteiger partial charge is 0.368 e. The molecule has 2 amide bonds. The van der Waals surface area contributed by atoms with Gasteiger partial charge in [0.25, 0.3) is 5.91 Å². The van der Waals surface area contributed by atoms with E-state index >= 15 is 0 Å². The van der Waals surface area contributed by atoms with Crippen LogP contribution in [0.2, 0.25) is 10.0 Å². The summed E-state index contributed by atoms with van der Waals surface area (Å²) in [5, 5.41) is 3.26. The Morgan fingerprint density at radius 1 is 1.32 bits per heavy atom. The van der Waals surface area contributed by atoms with Crippen LogP contribution in [0.1, 0.15) is 30.6 Å². The Kier molecular flexibility index (Phi) is 5.63. The number of primary amides is 1. The van der Waals surface area contributed by atoms with Crippen LogP contribution in [0, 0.1) is 5.92 Å². The summed E-state index contributed by atoms with van der Waals surface area (Å²) in [5.74, 6) is -0.767. The van der Waals surface area contributed by atoms with Crippen molar-refractivity contribution in [3.05, 3.63) is 33.8 Å². The van der Waals surface area contributed by atoms with E-state index in [4.69, 9.17) is 28.9 Å². The van der Waals surface area contributed by atoms with Crippen LogP contribution in [-0.2, 0) is 4.79 Å². The molecule has 1 aromatic rings. The lowest BCUT2D eigenvalue weighted by atomic mass is 10.0. The number of carbonyl (C=O) groups is 2. The van der Waals surface area contributed by atoms with Crippen molar-refractivity contribution in [2.75, 3.05) is 0 Å². The molecule has 0 fully saturated rings. The van der Waals surface area contributed by atoms with Crippen LogP contribution in [0.4, 0.5) is 0 Å². The monoisotopic (exact) mass is 302 g/mol. The number of hydrogen-bond acceptors (Lipinski definition) is 2. The second kappa shape index (κ2) is 6.78. The van der Waals surface area contributed by atoms with Crippen LogP contribution in [0.3, 0.4) is 0 Å². The van der Waals surface area contributed by atoms with Gasteiger partial charge in [-0.15, -0.1) is 0 Å². The van der Waals surface area contributed by atoms with E-state index in [0.717, 1.165) is 0 Å². The lowest BCUT2D eigenvalue weighted by molar-refractivity contribution is -0.120. The second-order valence-corrected chi connectivity index (χ2v) is 5.53. The van der Waals surface area contributed by atoms with Crippen molar-refractivity contribution < 1.29 is 9.59 Å². The molecule has 0 bridgehead atoms. The first-order chi connectivity index (χ1) is 8.81. The van der Waals surface area contributed by atoms with E-state index in [-0.39, 0.29) is 16.5 Å². The highest BCUT2D eigenvalue weighted by Gasteiger charge is 2.21. The average Bonchev–Trinajstić information content (AvgIpc) is 2.26. The Balaban J connectivity index is 2.84. The van der Waals surface area contributed by atoms with Gasteiger partial charge in [0.1, 0.15) is 6.04 Å². The predicted molar refractivity (Wildman–Crippen MR) is 76.4 cm³/mol. The molecule has 19 heavy (non-hydrogen) atoms. The molecule has 0 radical (unpaired) electrons. The molecule has 0 heterocycles. The molecule has 0 aliphatic heterocycles. The van der Waals surface area contributed by atoms with Crippen LogP contribution in [0.15, 0.2) is 18.2 Å². The highest BCUT2D eigenvalue weighted by atomic mass is 35.5. The van der Waals surface area contributed by atoms with Gasteiger partial charge in [-0.2, -0.15) is 0 Å². The Bertz CT molecular complexity index is 490. The zero-order valence-electron chi connectivity index (χ0n) is 10.7. The van der Waals surface area contributed by atoms with Gasteiger partial charge in [0.15, 0.2) is 0 Å². The van der Waals surface area contributed by atoms with Crippen molar-refractivity contribution in [3.63, 3.8) is 0 Å². The third-order valence-electron chi connectivity index (χ3n) is 2.53. The molecule has 1 rings (SSSR count). The SMILES string of the molecule is CC(C)C[C@@H](NC(=O)c1ccc(Cl)cc1Cl)C(N)=O. The fourth-order valence-electron chi connectivity index (χ4n) is 1.63. The Morgan fingerprint density at radius 2 is 1.95 bits per heavy atom. The van der Waals surface area contributed by atoms with E-state index < -0.39 is 17.9 Å². The number of hydrogen-bond donors (Lipinski definition) is 2. The normalized spacial score (nSPS) is 12.3. The van der Waals surface area contributed by atoms with Crippen molar-refractivity contribution in [1.29, 1.82) is 0 Å². The van der Waals surface area contributed by atoms with Crippen LogP contribution in [-0.4, -0.2) is 17.9 Å². The summed E-state index contributed by atoms with van der Waals surface area (Å²) < 4.78 is 0. The molecule has 6 heteroatoms. The number of nitrogens with one attached hydrogen (secondary N) is 1. The maximum Gasteiger partial charge on any atom is 0.253 e. The zero-order valence-corrected chi connectivity index (χ0v) is 12.3. The fourth-order valence-corrected chi connectivity index (χ4v) is 2.12.